The fourth-order valence-corrected chi connectivity index (χ4v) is 6.93. The number of hydrogen-bond acceptors (Lipinski definition) is 6. The Bertz CT molecular complexity index is 1070. The number of carbonyl (C=O) groups is 2. The number of ether oxygens (including phenoxy) is 2. The van der Waals surface area contributed by atoms with E-state index in [9.17, 15) is 14.0 Å². The van der Waals surface area contributed by atoms with Crippen molar-refractivity contribution >= 4 is 11.9 Å². The Balaban J connectivity index is 1.44. The summed E-state index contributed by atoms with van der Waals surface area (Å²) in [6, 6.07) is 3.63. The largest absolute Gasteiger partial charge is 0.462 e. The second-order valence-corrected chi connectivity index (χ2v) is 13.0. The van der Waals surface area contributed by atoms with Crippen LogP contribution in [0.15, 0.2) is 36.4 Å². The Hall–Kier alpha value is -2.58. The second kappa shape index (κ2) is 18.4. The molecule has 44 heavy (non-hydrogen) atoms. The third-order valence-corrected chi connectivity index (χ3v) is 9.85. The fraction of sp³-hybridized carbons (Fsp3) is 0.667. The minimum absolute atomic E-state index is 0.0326. The minimum atomic E-state index is -0.675. The molecule has 0 radical (unpaired) electrons. The van der Waals surface area contributed by atoms with Crippen LogP contribution in [0.5, 0.6) is 0 Å². The zero-order valence-electron chi connectivity index (χ0n) is 26.5. The van der Waals surface area contributed by atoms with Crippen LogP contribution >= 0.6 is 0 Å². The van der Waals surface area contributed by atoms with Crippen LogP contribution in [-0.4, -0.2) is 48.6 Å². The first-order chi connectivity index (χ1) is 21.2. The molecule has 0 saturated heterocycles. The maximum absolute atomic E-state index is 15.0. The van der Waals surface area contributed by atoms with Crippen molar-refractivity contribution in [3.63, 3.8) is 0 Å². The molecule has 1 aromatic rings. The van der Waals surface area contributed by atoms with Crippen LogP contribution < -0.4 is 0 Å². The van der Waals surface area contributed by atoms with Gasteiger partial charge in [0.15, 0.2) is 11.6 Å². The predicted molar refractivity (Wildman–Crippen MR) is 167 cm³/mol. The molecule has 0 aliphatic heterocycles. The van der Waals surface area contributed by atoms with Gasteiger partial charge in [0.1, 0.15) is 0 Å². The number of aliphatic hydroxyl groups is 2. The van der Waals surface area contributed by atoms with E-state index in [1.807, 2.05) is 6.07 Å². The summed E-state index contributed by atoms with van der Waals surface area (Å²) in [7, 11) is 0. The number of hydrogen-bond donors (Lipinski definition) is 2. The maximum atomic E-state index is 15.0. The molecular weight excluding hydrogens is 566 g/mol. The Morgan fingerprint density at radius 3 is 1.91 bits per heavy atom. The van der Waals surface area contributed by atoms with Crippen molar-refractivity contribution in [1.29, 1.82) is 0 Å². The molecule has 246 valence electrons. The van der Waals surface area contributed by atoms with Crippen LogP contribution in [-0.2, 0) is 25.5 Å². The average Bonchev–Trinajstić information content (AvgIpc) is 3.05. The first-order valence-electron chi connectivity index (χ1n) is 16.6. The molecule has 2 aliphatic rings. The van der Waals surface area contributed by atoms with Crippen molar-refractivity contribution in [1.82, 2.24) is 0 Å². The van der Waals surface area contributed by atoms with Gasteiger partial charge in [-0.25, -0.2) is 18.4 Å². The SMILES string of the molecule is C=C(CO)C(=O)OCC(CCC1CCC(C2CCC(c3ccc(CCCCC)c(F)c3F)CC2)CC1)COC(=O)C(=C)CO. The lowest BCUT2D eigenvalue weighted by atomic mass is 9.67. The van der Waals surface area contributed by atoms with E-state index in [0.717, 1.165) is 77.0 Å². The number of carbonyl (C=O) groups excluding carboxylic acids is 2. The van der Waals surface area contributed by atoms with Crippen LogP contribution in [0.25, 0.3) is 0 Å². The average molecular weight is 619 g/mol. The number of rotatable bonds is 17. The zero-order chi connectivity index (χ0) is 32.1. The number of benzene rings is 1. The lowest BCUT2D eigenvalue weighted by Crippen LogP contribution is -2.27. The molecule has 2 fully saturated rings. The van der Waals surface area contributed by atoms with Crippen LogP contribution in [0.2, 0.25) is 0 Å². The molecule has 0 aromatic heterocycles. The molecular formula is C36H52F2O6. The predicted octanol–water partition coefficient (Wildman–Crippen LogP) is 7.36. The summed E-state index contributed by atoms with van der Waals surface area (Å²) in [4.78, 5) is 24.0. The van der Waals surface area contributed by atoms with Gasteiger partial charge in [0.2, 0.25) is 0 Å². The molecule has 6 nitrogen and oxygen atoms in total. The van der Waals surface area contributed by atoms with E-state index in [-0.39, 0.29) is 36.2 Å². The molecule has 0 amide bonds. The van der Waals surface area contributed by atoms with Crippen LogP contribution in [0, 0.1) is 35.3 Å². The molecule has 2 saturated carbocycles. The second-order valence-electron chi connectivity index (χ2n) is 13.0. The van der Waals surface area contributed by atoms with E-state index in [2.05, 4.69) is 20.1 Å². The molecule has 0 bridgehead atoms. The van der Waals surface area contributed by atoms with Crippen molar-refractivity contribution in [2.24, 2.45) is 23.7 Å². The van der Waals surface area contributed by atoms with E-state index in [1.165, 1.54) is 0 Å². The van der Waals surface area contributed by atoms with Crippen molar-refractivity contribution < 1.29 is 38.1 Å². The van der Waals surface area contributed by atoms with Gasteiger partial charge in [-0.1, -0.05) is 57.9 Å². The smallest absolute Gasteiger partial charge is 0.335 e. The Kier molecular flexibility index (Phi) is 15.0. The molecule has 2 aliphatic carbocycles. The zero-order valence-corrected chi connectivity index (χ0v) is 26.5. The summed E-state index contributed by atoms with van der Waals surface area (Å²) in [6.45, 7) is 8.19. The highest BCUT2D eigenvalue weighted by atomic mass is 19.2. The molecule has 2 N–H and O–H groups in total. The molecule has 0 heterocycles. The molecule has 8 heteroatoms. The van der Waals surface area contributed by atoms with E-state index < -0.39 is 36.8 Å². The highest BCUT2D eigenvalue weighted by molar-refractivity contribution is 5.88. The maximum Gasteiger partial charge on any atom is 0.335 e. The lowest BCUT2D eigenvalue weighted by molar-refractivity contribution is -0.144. The Morgan fingerprint density at radius 1 is 0.841 bits per heavy atom. The van der Waals surface area contributed by atoms with E-state index in [1.54, 1.807) is 6.07 Å². The summed E-state index contributed by atoms with van der Waals surface area (Å²) in [6.07, 6.45) is 13.6. The summed E-state index contributed by atoms with van der Waals surface area (Å²) >= 11 is 0. The normalized spacial score (nSPS) is 22.0. The summed E-state index contributed by atoms with van der Waals surface area (Å²) < 4.78 is 40.3. The quantitative estimate of drug-likeness (QED) is 0.108. The van der Waals surface area contributed by atoms with Gasteiger partial charge in [-0.15, -0.1) is 0 Å². The van der Waals surface area contributed by atoms with E-state index in [4.69, 9.17) is 19.7 Å². The van der Waals surface area contributed by atoms with Crippen LogP contribution in [0.4, 0.5) is 8.78 Å². The number of halogens is 2. The van der Waals surface area contributed by atoms with Crippen molar-refractivity contribution in [3.05, 3.63) is 59.2 Å². The monoisotopic (exact) mass is 618 g/mol. The van der Waals surface area contributed by atoms with Gasteiger partial charge >= 0.3 is 11.9 Å². The van der Waals surface area contributed by atoms with Crippen LogP contribution in [0.1, 0.15) is 107 Å². The molecule has 0 spiro atoms. The lowest BCUT2D eigenvalue weighted by Gasteiger charge is -2.38. The molecule has 3 rings (SSSR count). The minimum Gasteiger partial charge on any atom is -0.462 e. The van der Waals surface area contributed by atoms with Gasteiger partial charge < -0.3 is 19.7 Å². The van der Waals surface area contributed by atoms with Crippen molar-refractivity contribution in [2.45, 2.75) is 103 Å². The Labute approximate surface area is 261 Å². The first-order valence-corrected chi connectivity index (χ1v) is 16.6. The van der Waals surface area contributed by atoms with Gasteiger partial charge in [-0.3, -0.25) is 0 Å². The highest BCUT2D eigenvalue weighted by Gasteiger charge is 2.33. The Morgan fingerprint density at radius 2 is 1.39 bits per heavy atom. The molecule has 1 aromatic carbocycles. The van der Waals surface area contributed by atoms with Crippen molar-refractivity contribution in [3.8, 4) is 0 Å². The van der Waals surface area contributed by atoms with Gasteiger partial charge in [-0.05, 0) is 99.0 Å². The topological polar surface area (TPSA) is 93.1 Å². The first kappa shape index (κ1) is 35.9. The van der Waals surface area contributed by atoms with Gasteiger partial charge in [0.25, 0.3) is 0 Å². The van der Waals surface area contributed by atoms with E-state index in [0.29, 0.717) is 41.7 Å². The third kappa shape index (κ3) is 10.5. The van der Waals surface area contributed by atoms with Crippen LogP contribution in [0.3, 0.4) is 0 Å². The van der Waals surface area contributed by atoms with Gasteiger partial charge in [-0.2, -0.15) is 0 Å². The highest BCUT2D eigenvalue weighted by Crippen LogP contribution is 2.45. The molecule has 0 atom stereocenters. The molecule has 0 unspecified atom stereocenters. The van der Waals surface area contributed by atoms with Crippen molar-refractivity contribution in [2.75, 3.05) is 26.4 Å². The summed E-state index contributed by atoms with van der Waals surface area (Å²) in [5.41, 5.74) is 0.986. The number of aliphatic hydroxyl groups excluding tert-OH is 2. The van der Waals surface area contributed by atoms with Gasteiger partial charge in [0.05, 0.1) is 37.6 Å². The number of esters is 2. The van der Waals surface area contributed by atoms with Gasteiger partial charge in [0, 0.05) is 5.92 Å². The number of unbranched alkanes of at least 4 members (excludes halogenated alkanes) is 2. The summed E-state index contributed by atoms with van der Waals surface area (Å²) in [5, 5.41) is 18.2. The standard InChI is InChI=1S/C36H52F2O6/c1-4-5-6-7-31-18-19-32(34(38)33(31)37)30-16-14-29(15-17-30)28-12-10-26(11-13-28)8-9-27(22-43-35(41)24(2)20-39)23-44-36(42)25(3)21-40/h18-19,26-30,39-40H,2-17,20-23H2,1H3. The number of aryl methyl sites for hydroxylation is 1. The summed E-state index contributed by atoms with van der Waals surface area (Å²) in [5.74, 6) is -0.955. The van der Waals surface area contributed by atoms with E-state index >= 15 is 4.39 Å². The third-order valence-electron chi connectivity index (χ3n) is 9.85. The fourth-order valence-electron chi connectivity index (χ4n) is 6.93.